The zero-order chi connectivity index (χ0) is 14.5. The van der Waals surface area contributed by atoms with E-state index in [1.54, 1.807) is 0 Å². The monoisotopic (exact) mass is 274 g/mol. The normalized spacial score (nSPS) is 11.9. The number of rotatable bonds is 4. The Balaban J connectivity index is 2.35. The Bertz CT molecular complexity index is 654. The van der Waals surface area contributed by atoms with Gasteiger partial charge in [0.1, 0.15) is 5.69 Å². The van der Waals surface area contributed by atoms with Gasteiger partial charge in [0.05, 0.1) is 12.2 Å². The first-order chi connectivity index (χ1) is 9.61. The lowest BCUT2D eigenvalue weighted by atomic mass is 10.1. The summed E-state index contributed by atoms with van der Waals surface area (Å²) in [6, 6.07) is -0.459. The highest BCUT2D eigenvalue weighted by Crippen LogP contribution is 2.11. The maximum Gasteiger partial charge on any atom is 0.275 e. The molecule has 8 nitrogen and oxygen atoms in total. The van der Waals surface area contributed by atoms with E-state index in [-0.39, 0.29) is 17.4 Å². The van der Waals surface area contributed by atoms with E-state index in [2.05, 4.69) is 30.5 Å². The van der Waals surface area contributed by atoms with Crippen LogP contribution in [0.1, 0.15) is 32.0 Å². The minimum absolute atomic E-state index is 0.176. The number of aromatic nitrogens is 5. The fourth-order valence-corrected chi connectivity index (χ4v) is 1.72. The SMILES string of the molecule is CCC(NC(C)=O)c1nnc(-c2cnccn2)[nH]c1=O. The minimum Gasteiger partial charge on any atom is -0.348 e. The highest BCUT2D eigenvalue weighted by Gasteiger charge is 2.17. The van der Waals surface area contributed by atoms with Crippen LogP contribution in [0.25, 0.3) is 11.5 Å². The van der Waals surface area contributed by atoms with Crippen molar-refractivity contribution < 1.29 is 4.79 Å². The van der Waals surface area contributed by atoms with E-state index < -0.39 is 11.6 Å². The van der Waals surface area contributed by atoms with Gasteiger partial charge in [-0.2, -0.15) is 0 Å². The summed E-state index contributed by atoms with van der Waals surface area (Å²) in [6.45, 7) is 3.23. The maximum atomic E-state index is 12.0. The molecule has 1 amide bonds. The van der Waals surface area contributed by atoms with Crippen molar-refractivity contribution >= 4 is 5.91 Å². The third kappa shape index (κ3) is 3.02. The van der Waals surface area contributed by atoms with E-state index in [1.165, 1.54) is 25.5 Å². The second-order valence-corrected chi connectivity index (χ2v) is 4.14. The molecule has 20 heavy (non-hydrogen) atoms. The van der Waals surface area contributed by atoms with Gasteiger partial charge >= 0.3 is 0 Å². The number of nitrogens with one attached hydrogen (secondary N) is 2. The molecular formula is C12H14N6O2. The first-order valence-corrected chi connectivity index (χ1v) is 6.12. The number of nitrogens with zero attached hydrogens (tertiary/aromatic N) is 4. The summed E-state index contributed by atoms with van der Waals surface area (Å²) in [4.78, 5) is 33.7. The number of aromatic amines is 1. The lowest BCUT2D eigenvalue weighted by Gasteiger charge is -2.13. The summed E-state index contributed by atoms with van der Waals surface area (Å²) in [6.07, 6.45) is 5.04. The fourth-order valence-electron chi connectivity index (χ4n) is 1.72. The van der Waals surface area contributed by atoms with Crippen LogP contribution >= 0.6 is 0 Å². The zero-order valence-electron chi connectivity index (χ0n) is 11.1. The molecule has 0 saturated carbocycles. The van der Waals surface area contributed by atoms with Crippen molar-refractivity contribution in [3.63, 3.8) is 0 Å². The van der Waals surface area contributed by atoms with E-state index in [0.29, 0.717) is 12.1 Å². The van der Waals surface area contributed by atoms with Crippen molar-refractivity contribution in [1.82, 2.24) is 30.5 Å². The molecule has 0 aliphatic rings. The quantitative estimate of drug-likeness (QED) is 0.823. The van der Waals surface area contributed by atoms with Gasteiger partial charge in [-0.05, 0) is 6.42 Å². The summed E-state index contributed by atoms with van der Waals surface area (Å²) in [5.41, 5.74) is 0.202. The van der Waals surface area contributed by atoms with Gasteiger partial charge in [-0.15, -0.1) is 10.2 Å². The van der Waals surface area contributed by atoms with Crippen LogP contribution in [0.5, 0.6) is 0 Å². The molecule has 0 saturated heterocycles. The largest absolute Gasteiger partial charge is 0.348 e. The van der Waals surface area contributed by atoms with E-state index in [0.717, 1.165) is 0 Å². The van der Waals surface area contributed by atoms with Gasteiger partial charge in [0.2, 0.25) is 5.91 Å². The van der Waals surface area contributed by atoms with Crippen LogP contribution < -0.4 is 10.9 Å². The van der Waals surface area contributed by atoms with Crippen molar-refractivity contribution in [2.45, 2.75) is 26.3 Å². The van der Waals surface area contributed by atoms with Crippen molar-refractivity contribution in [2.24, 2.45) is 0 Å². The molecule has 2 aromatic heterocycles. The molecule has 2 rings (SSSR count). The molecule has 0 spiro atoms. The number of carbonyl (C=O) groups is 1. The molecule has 1 atom stereocenters. The summed E-state index contributed by atoms with van der Waals surface area (Å²) >= 11 is 0. The molecule has 0 aromatic carbocycles. The molecule has 0 aliphatic carbocycles. The number of amides is 1. The van der Waals surface area contributed by atoms with Crippen molar-refractivity contribution in [3.05, 3.63) is 34.6 Å². The Morgan fingerprint density at radius 2 is 2.20 bits per heavy atom. The third-order valence-corrected chi connectivity index (χ3v) is 2.64. The van der Waals surface area contributed by atoms with Crippen molar-refractivity contribution in [2.75, 3.05) is 0 Å². The predicted molar refractivity (Wildman–Crippen MR) is 70.5 cm³/mol. The number of hydrogen-bond donors (Lipinski definition) is 2. The average molecular weight is 274 g/mol. The summed E-state index contributed by atoms with van der Waals surface area (Å²) < 4.78 is 0. The van der Waals surface area contributed by atoms with E-state index in [1.807, 2.05) is 6.92 Å². The molecule has 0 fully saturated rings. The molecule has 0 aliphatic heterocycles. The van der Waals surface area contributed by atoms with Gasteiger partial charge in [-0.3, -0.25) is 14.6 Å². The molecule has 1 unspecified atom stereocenters. The standard InChI is InChI=1S/C12H14N6O2/c1-3-8(15-7(2)19)10-12(20)16-11(18-17-10)9-6-13-4-5-14-9/h4-6,8H,3H2,1-2H3,(H,15,19)(H,16,18,20). The molecule has 104 valence electrons. The second-order valence-electron chi connectivity index (χ2n) is 4.14. The molecule has 2 N–H and O–H groups in total. The zero-order valence-corrected chi connectivity index (χ0v) is 11.1. The highest BCUT2D eigenvalue weighted by atomic mass is 16.1. The Hall–Kier alpha value is -2.64. The lowest BCUT2D eigenvalue weighted by Crippen LogP contribution is -2.32. The fraction of sp³-hybridized carbons (Fsp3) is 0.333. The first kappa shape index (κ1) is 13.8. The van der Waals surface area contributed by atoms with Gasteiger partial charge in [0.25, 0.3) is 5.56 Å². The van der Waals surface area contributed by atoms with Crippen LogP contribution in [-0.4, -0.2) is 31.1 Å². The van der Waals surface area contributed by atoms with Gasteiger partial charge in [0.15, 0.2) is 11.5 Å². The molecule has 0 bridgehead atoms. The van der Waals surface area contributed by atoms with E-state index in [4.69, 9.17) is 0 Å². The van der Waals surface area contributed by atoms with Gasteiger partial charge < -0.3 is 10.3 Å². The summed E-state index contributed by atoms with van der Waals surface area (Å²) in [7, 11) is 0. The van der Waals surface area contributed by atoms with Gasteiger partial charge in [-0.1, -0.05) is 6.92 Å². The third-order valence-electron chi connectivity index (χ3n) is 2.64. The molecule has 2 aromatic rings. The van der Waals surface area contributed by atoms with Gasteiger partial charge in [-0.25, -0.2) is 4.98 Å². The Morgan fingerprint density at radius 1 is 1.40 bits per heavy atom. The first-order valence-electron chi connectivity index (χ1n) is 6.12. The Kier molecular flexibility index (Phi) is 4.14. The Morgan fingerprint density at radius 3 is 2.75 bits per heavy atom. The average Bonchev–Trinajstić information content (AvgIpc) is 2.45. The van der Waals surface area contributed by atoms with Crippen LogP contribution in [0.4, 0.5) is 0 Å². The van der Waals surface area contributed by atoms with Crippen LogP contribution in [0.2, 0.25) is 0 Å². The number of hydrogen-bond acceptors (Lipinski definition) is 6. The van der Waals surface area contributed by atoms with E-state index in [9.17, 15) is 9.59 Å². The van der Waals surface area contributed by atoms with Crippen LogP contribution in [0.3, 0.4) is 0 Å². The smallest absolute Gasteiger partial charge is 0.275 e. The topological polar surface area (TPSA) is 114 Å². The molecular weight excluding hydrogens is 260 g/mol. The second kappa shape index (κ2) is 6.00. The van der Waals surface area contributed by atoms with E-state index >= 15 is 0 Å². The van der Waals surface area contributed by atoms with Crippen molar-refractivity contribution in [3.8, 4) is 11.5 Å². The minimum atomic E-state index is -0.459. The number of carbonyl (C=O) groups excluding carboxylic acids is 1. The van der Waals surface area contributed by atoms with Crippen LogP contribution in [0.15, 0.2) is 23.4 Å². The maximum absolute atomic E-state index is 12.0. The lowest BCUT2D eigenvalue weighted by molar-refractivity contribution is -0.119. The predicted octanol–water partition coefficient (Wildman–Crippen LogP) is 0.209. The molecule has 2 heterocycles. The van der Waals surface area contributed by atoms with Crippen LogP contribution in [0, 0.1) is 0 Å². The summed E-state index contributed by atoms with van der Waals surface area (Å²) in [5, 5.41) is 10.5. The molecule has 8 heteroatoms. The van der Waals surface area contributed by atoms with Crippen LogP contribution in [-0.2, 0) is 4.79 Å². The molecule has 0 radical (unpaired) electrons. The highest BCUT2D eigenvalue weighted by molar-refractivity contribution is 5.73. The van der Waals surface area contributed by atoms with Gasteiger partial charge in [0, 0.05) is 19.3 Å². The van der Waals surface area contributed by atoms with Crippen molar-refractivity contribution in [1.29, 1.82) is 0 Å². The number of H-pyrrole nitrogens is 1. The summed E-state index contributed by atoms with van der Waals surface area (Å²) in [5.74, 6) is 0.0144. The Labute approximate surface area is 114 Å².